The topological polar surface area (TPSA) is 145 Å². The standard InChI is InChI=1S/C8H10Cl6N2O8S2/c9-7(10,11)3-23-25(19,20)15-5(17)1-2-6(18)16-26(21,22)24-4-8(12,13)14/h1-4H2,(H,15,17)(H,16,18). The van der Waals surface area contributed by atoms with Crippen molar-refractivity contribution in [3.8, 4) is 0 Å². The van der Waals surface area contributed by atoms with Gasteiger partial charge in [0.15, 0.2) is 0 Å². The molecule has 0 saturated carbocycles. The van der Waals surface area contributed by atoms with Gasteiger partial charge in [-0.1, -0.05) is 69.6 Å². The smallest absolute Gasteiger partial charge is 0.274 e. The molecule has 0 radical (unpaired) electrons. The summed E-state index contributed by atoms with van der Waals surface area (Å²) >= 11 is 31.7. The molecule has 2 N–H and O–H groups in total. The van der Waals surface area contributed by atoms with Gasteiger partial charge >= 0.3 is 20.6 Å². The zero-order valence-corrected chi connectivity index (χ0v) is 18.3. The van der Waals surface area contributed by atoms with E-state index >= 15 is 0 Å². The number of rotatable bonds is 9. The lowest BCUT2D eigenvalue weighted by Gasteiger charge is -2.12. The van der Waals surface area contributed by atoms with Crippen molar-refractivity contribution in [1.29, 1.82) is 0 Å². The van der Waals surface area contributed by atoms with Crippen LogP contribution in [-0.4, -0.2) is 49.4 Å². The minimum atomic E-state index is -4.59. The molecule has 0 rings (SSSR count). The summed E-state index contributed by atoms with van der Waals surface area (Å²) in [5.74, 6) is -2.38. The van der Waals surface area contributed by atoms with Crippen molar-refractivity contribution in [3.05, 3.63) is 0 Å². The molecular weight excluding hydrogens is 529 g/mol. The Bertz CT molecular complexity index is 652. The molecule has 0 aromatic heterocycles. The Morgan fingerprint density at radius 3 is 1.19 bits per heavy atom. The highest BCUT2D eigenvalue weighted by molar-refractivity contribution is 7.85. The van der Waals surface area contributed by atoms with E-state index < -0.39 is 66.1 Å². The van der Waals surface area contributed by atoms with E-state index in [1.165, 1.54) is 9.44 Å². The van der Waals surface area contributed by atoms with Gasteiger partial charge in [0.2, 0.25) is 19.4 Å². The summed E-state index contributed by atoms with van der Waals surface area (Å²) in [6, 6.07) is 0. The SMILES string of the molecule is O=C(CCC(=O)NS(=O)(=O)OCC(Cl)(Cl)Cl)NS(=O)(=O)OCC(Cl)(Cl)Cl. The van der Waals surface area contributed by atoms with Crippen molar-refractivity contribution in [2.45, 2.75) is 20.4 Å². The van der Waals surface area contributed by atoms with Gasteiger partial charge in [0.05, 0.1) is 0 Å². The van der Waals surface area contributed by atoms with Crippen LogP contribution in [-0.2, 0) is 38.6 Å². The van der Waals surface area contributed by atoms with Crippen molar-refractivity contribution in [1.82, 2.24) is 9.44 Å². The summed E-state index contributed by atoms with van der Waals surface area (Å²) in [5.41, 5.74) is 0. The average Bonchev–Trinajstić information content (AvgIpc) is 2.39. The lowest BCUT2D eigenvalue weighted by molar-refractivity contribution is -0.124. The molecule has 0 saturated heterocycles. The first-order valence-corrected chi connectivity index (χ1v) is 11.0. The maximum absolute atomic E-state index is 11.4. The van der Waals surface area contributed by atoms with Crippen LogP contribution in [0.3, 0.4) is 0 Å². The van der Waals surface area contributed by atoms with Crippen LogP contribution in [0.5, 0.6) is 0 Å². The van der Waals surface area contributed by atoms with Gasteiger partial charge in [-0.05, 0) is 0 Å². The zero-order chi connectivity index (χ0) is 20.8. The van der Waals surface area contributed by atoms with Gasteiger partial charge in [0, 0.05) is 12.8 Å². The number of carbonyl (C=O) groups excluding carboxylic acids is 2. The van der Waals surface area contributed by atoms with Crippen molar-refractivity contribution in [2.75, 3.05) is 13.2 Å². The number of carbonyl (C=O) groups is 2. The number of nitrogens with one attached hydrogen (secondary N) is 2. The molecule has 0 heterocycles. The maximum atomic E-state index is 11.4. The van der Waals surface area contributed by atoms with Gasteiger partial charge in [0.1, 0.15) is 13.2 Å². The molecule has 0 spiro atoms. The fourth-order valence-corrected chi connectivity index (χ4v) is 3.21. The molecule has 154 valence electrons. The first-order chi connectivity index (χ1) is 11.4. The zero-order valence-electron chi connectivity index (χ0n) is 12.2. The number of halogens is 6. The van der Waals surface area contributed by atoms with Crippen molar-refractivity contribution in [2.24, 2.45) is 0 Å². The summed E-state index contributed by atoms with van der Waals surface area (Å²) in [4.78, 5) is 22.9. The quantitative estimate of drug-likeness (QED) is 0.417. The normalized spacial score (nSPS) is 13.3. The maximum Gasteiger partial charge on any atom is 0.362 e. The van der Waals surface area contributed by atoms with Crippen molar-refractivity contribution in [3.63, 3.8) is 0 Å². The molecule has 0 aliphatic carbocycles. The Morgan fingerprint density at radius 2 is 0.962 bits per heavy atom. The third kappa shape index (κ3) is 15.5. The molecule has 0 bridgehead atoms. The summed E-state index contributed by atoms with van der Waals surface area (Å²) in [6.45, 7) is -1.75. The molecule has 0 aromatic carbocycles. The van der Waals surface area contributed by atoms with Gasteiger partial charge in [-0.25, -0.2) is 17.8 Å². The van der Waals surface area contributed by atoms with Crippen LogP contribution in [0.1, 0.15) is 12.8 Å². The van der Waals surface area contributed by atoms with Crippen molar-refractivity contribution < 1.29 is 34.8 Å². The largest absolute Gasteiger partial charge is 0.362 e. The van der Waals surface area contributed by atoms with Crippen LogP contribution < -0.4 is 9.44 Å². The van der Waals surface area contributed by atoms with Crippen LogP contribution in [0.4, 0.5) is 0 Å². The molecule has 0 aliphatic rings. The van der Waals surface area contributed by atoms with E-state index in [9.17, 15) is 26.4 Å². The summed E-state index contributed by atoms with van der Waals surface area (Å²) in [7, 11) is -9.19. The van der Waals surface area contributed by atoms with Crippen LogP contribution >= 0.6 is 69.6 Å². The molecule has 0 aliphatic heterocycles. The van der Waals surface area contributed by atoms with E-state index in [-0.39, 0.29) is 0 Å². The molecule has 0 atom stereocenters. The first kappa shape index (κ1) is 26.5. The molecule has 0 unspecified atom stereocenters. The minimum Gasteiger partial charge on any atom is -0.274 e. The summed E-state index contributed by atoms with van der Waals surface area (Å²) in [6.07, 6.45) is -1.44. The van der Waals surface area contributed by atoms with E-state index in [2.05, 4.69) is 8.37 Å². The Labute approximate surface area is 179 Å². The summed E-state index contributed by atoms with van der Waals surface area (Å²) in [5, 5.41) is 0. The Hall–Kier alpha value is 0.500. The molecule has 0 fully saturated rings. The van der Waals surface area contributed by atoms with E-state index in [4.69, 9.17) is 69.6 Å². The van der Waals surface area contributed by atoms with Crippen LogP contribution in [0.15, 0.2) is 0 Å². The Balaban J connectivity index is 4.40. The van der Waals surface area contributed by atoms with Gasteiger partial charge < -0.3 is 0 Å². The average molecular weight is 539 g/mol. The van der Waals surface area contributed by atoms with Gasteiger partial charge in [0.25, 0.3) is 0 Å². The van der Waals surface area contributed by atoms with Crippen LogP contribution in [0, 0.1) is 0 Å². The monoisotopic (exact) mass is 536 g/mol. The number of alkyl halides is 6. The first-order valence-electron chi connectivity index (χ1n) is 5.94. The molecule has 18 heteroatoms. The second kappa shape index (κ2) is 10.3. The Kier molecular flexibility index (Phi) is 10.5. The molecule has 2 amide bonds. The highest BCUT2D eigenvalue weighted by Gasteiger charge is 2.27. The number of hydrogen-bond acceptors (Lipinski definition) is 8. The fraction of sp³-hybridized carbons (Fsp3) is 0.750. The third-order valence-corrected chi connectivity index (χ3v) is 4.28. The van der Waals surface area contributed by atoms with E-state index in [1.807, 2.05) is 0 Å². The molecule has 0 aromatic rings. The lowest BCUT2D eigenvalue weighted by atomic mass is 10.3. The second-order valence-corrected chi connectivity index (χ2v) is 11.9. The highest BCUT2D eigenvalue weighted by Crippen LogP contribution is 2.27. The lowest BCUT2D eigenvalue weighted by Crippen LogP contribution is -2.36. The van der Waals surface area contributed by atoms with Crippen LogP contribution in [0.2, 0.25) is 0 Å². The van der Waals surface area contributed by atoms with Crippen molar-refractivity contribution >= 4 is 102 Å². The van der Waals surface area contributed by atoms with Gasteiger partial charge in [-0.2, -0.15) is 16.8 Å². The Morgan fingerprint density at radius 1 is 0.692 bits per heavy atom. The van der Waals surface area contributed by atoms with Crippen LogP contribution in [0.25, 0.3) is 0 Å². The number of amides is 2. The van der Waals surface area contributed by atoms with Gasteiger partial charge in [-0.3, -0.25) is 9.59 Å². The highest BCUT2D eigenvalue weighted by atomic mass is 35.6. The molecular formula is C8H10Cl6N2O8S2. The predicted octanol–water partition coefficient (Wildman–Crippen LogP) is 1.26. The molecule has 10 nitrogen and oxygen atoms in total. The third-order valence-electron chi connectivity index (χ3n) is 1.81. The van der Waals surface area contributed by atoms with E-state index in [1.54, 1.807) is 0 Å². The van der Waals surface area contributed by atoms with Gasteiger partial charge in [-0.15, -0.1) is 0 Å². The predicted molar refractivity (Wildman–Crippen MR) is 95.8 cm³/mol. The van der Waals surface area contributed by atoms with E-state index in [0.717, 1.165) is 0 Å². The number of hydrogen-bond donors (Lipinski definition) is 2. The fourth-order valence-electron chi connectivity index (χ4n) is 0.956. The molecule has 26 heavy (non-hydrogen) atoms. The summed E-state index contributed by atoms with van der Waals surface area (Å²) < 4.78 is 52.6. The van der Waals surface area contributed by atoms with E-state index in [0.29, 0.717) is 0 Å². The second-order valence-electron chi connectivity index (χ2n) is 4.21. The minimum absolute atomic E-state index is 0.720.